The molecule has 0 radical (unpaired) electrons. The summed E-state index contributed by atoms with van der Waals surface area (Å²) in [4.78, 5) is 16.2. The van der Waals surface area contributed by atoms with Crippen LogP contribution in [0.3, 0.4) is 0 Å². The van der Waals surface area contributed by atoms with Gasteiger partial charge >= 0.3 is 5.97 Å². The first-order chi connectivity index (χ1) is 13.5. The van der Waals surface area contributed by atoms with Crippen LogP contribution in [0.25, 0.3) is 22.0 Å². The molecule has 1 atom stereocenters. The highest BCUT2D eigenvalue weighted by Gasteiger charge is 2.33. The predicted molar refractivity (Wildman–Crippen MR) is 118 cm³/mol. The number of carbonyl (C=O) groups is 1. The van der Waals surface area contributed by atoms with E-state index in [9.17, 15) is 4.79 Å². The quantitative estimate of drug-likeness (QED) is 0.460. The lowest BCUT2D eigenvalue weighted by atomic mass is 9.87. The van der Waals surface area contributed by atoms with Crippen molar-refractivity contribution in [3.05, 3.63) is 52.7 Å². The maximum Gasteiger partial charge on any atom is 0.339 e. The Bertz CT molecular complexity index is 1060. The molecule has 0 saturated carbocycles. The van der Waals surface area contributed by atoms with Gasteiger partial charge in [0.2, 0.25) is 0 Å². The van der Waals surface area contributed by atoms with E-state index in [-0.39, 0.29) is 0 Å². The number of nitrogens with two attached hydrogens (primary N) is 1. The van der Waals surface area contributed by atoms with Crippen molar-refractivity contribution in [1.29, 1.82) is 0 Å². The minimum Gasteiger partial charge on any atom is -0.467 e. The number of aromatic amines is 1. The number of methoxy groups -OCH3 is 1. The molecule has 1 heterocycles. The lowest BCUT2D eigenvalue weighted by Gasteiger charge is -2.29. The Morgan fingerprint density at radius 1 is 1.10 bits per heavy atom. The van der Waals surface area contributed by atoms with E-state index in [0.29, 0.717) is 5.69 Å². The van der Waals surface area contributed by atoms with Gasteiger partial charge in [0.1, 0.15) is 0 Å². The van der Waals surface area contributed by atoms with Crippen molar-refractivity contribution in [2.45, 2.75) is 53.2 Å². The Morgan fingerprint density at radius 3 is 2.28 bits per heavy atom. The van der Waals surface area contributed by atoms with Gasteiger partial charge in [-0.3, -0.25) is 0 Å². The molecule has 154 valence electrons. The number of carbonyl (C=O) groups excluding carboxylic acids is 1. The number of anilines is 1. The molecule has 1 aromatic heterocycles. The summed E-state index contributed by atoms with van der Waals surface area (Å²) in [6.45, 7) is 11.7. The standard InChI is InChI=1S/C24H30N2O3/c1-13-8-10-16(11-9-13)19-17-12-14(2)26-21(17)20(25)15(3)18(19)22(23(27)28-7)29-24(4,5)6/h8-12,22,26H,25H2,1-7H3/t22-/m0/s1. The third-order valence-corrected chi connectivity index (χ3v) is 5.06. The van der Waals surface area contributed by atoms with E-state index in [1.54, 1.807) is 0 Å². The third-order valence-electron chi connectivity index (χ3n) is 5.06. The van der Waals surface area contributed by atoms with Crippen molar-refractivity contribution < 1.29 is 14.3 Å². The molecule has 0 unspecified atom stereocenters. The highest BCUT2D eigenvalue weighted by Crippen LogP contribution is 2.44. The lowest BCUT2D eigenvalue weighted by molar-refractivity contribution is -0.164. The topological polar surface area (TPSA) is 77.3 Å². The second-order valence-corrected chi connectivity index (χ2v) is 8.57. The summed E-state index contributed by atoms with van der Waals surface area (Å²) >= 11 is 0. The summed E-state index contributed by atoms with van der Waals surface area (Å²) in [6, 6.07) is 10.3. The number of hydrogen-bond acceptors (Lipinski definition) is 4. The van der Waals surface area contributed by atoms with Crippen LogP contribution in [0.1, 0.15) is 49.3 Å². The van der Waals surface area contributed by atoms with Gasteiger partial charge in [0.15, 0.2) is 6.10 Å². The number of nitrogens with one attached hydrogen (secondary N) is 1. The fourth-order valence-electron chi connectivity index (χ4n) is 3.71. The number of hydrogen-bond donors (Lipinski definition) is 2. The minimum atomic E-state index is -0.891. The van der Waals surface area contributed by atoms with Gasteiger partial charge < -0.3 is 20.2 Å². The lowest BCUT2D eigenvalue weighted by Crippen LogP contribution is -2.29. The number of ether oxygens (including phenoxy) is 2. The van der Waals surface area contributed by atoms with Gasteiger partial charge in [-0.1, -0.05) is 29.8 Å². The smallest absolute Gasteiger partial charge is 0.339 e. The van der Waals surface area contributed by atoms with E-state index >= 15 is 0 Å². The highest BCUT2D eigenvalue weighted by molar-refractivity contribution is 6.06. The second kappa shape index (κ2) is 7.56. The van der Waals surface area contributed by atoms with Crippen molar-refractivity contribution in [1.82, 2.24) is 4.98 Å². The number of fused-ring (bicyclic) bond motifs is 1. The van der Waals surface area contributed by atoms with E-state index in [1.165, 1.54) is 12.7 Å². The summed E-state index contributed by atoms with van der Waals surface area (Å²) < 4.78 is 11.3. The largest absolute Gasteiger partial charge is 0.467 e. The van der Waals surface area contributed by atoms with Gasteiger partial charge in [-0.25, -0.2) is 4.79 Å². The first kappa shape index (κ1) is 20.9. The first-order valence-electron chi connectivity index (χ1n) is 9.77. The van der Waals surface area contributed by atoms with E-state index < -0.39 is 17.7 Å². The van der Waals surface area contributed by atoms with Crippen LogP contribution in [0.4, 0.5) is 5.69 Å². The van der Waals surface area contributed by atoms with Crippen LogP contribution in [0.5, 0.6) is 0 Å². The summed E-state index contributed by atoms with van der Waals surface area (Å²) in [6.07, 6.45) is -0.891. The summed E-state index contributed by atoms with van der Waals surface area (Å²) in [5.74, 6) is -0.442. The monoisotopic (exact) mass is 394 g/mol. The van der Waals surface area contributed by atoms with Gasteiger partial charge in [-0.05, 0) is 64.3 Å². The molecule has 0 amide bonds. The maximum absolute atomic E-state index is 12.8. The Kier molecular flexibility index (Phi) is 5.46. The Morgan fingerprint density at radius 2 is 1.72 bits per heavy atom. The minimum absolute atomic E-state index is 0.442. The zero-order chi connectivity index (χ0) is 21.5. The molecule has 0 aliphatic heterocycles. The molecule has 0 aliphatic carbocycles. The molecule has 0 saturated heterocycles. The molecule has 3 aromatic rings. The summed E-state index contributed by atoms with van der Waals surface area (Å²) in [5, 5.41) is 0.968. The number of rotatable bonds is 4. The van der Waals surface area contributed by atoms with E-state index in [1.807, 2.05) is 34.6 Å². The highest BCUT2D eigenvalue weighted by atomic mass is 16.6. The zero-order valence-corrected chi connectivity index (χ0v) is 18.3. The SMILES string of the molecule is COC(=O)[C@@H](OC(C)(C)C)c1c(C)c(N)c2[nH]c(C)cc2c1-c1ccc(C)cc1. The molecule has 0 bridgehead atoms. The first-order valence-corrected chi connectivity index (χ1v) is 9.77. The molecular formula is C24H30N2O3. The molecule has 0 spiro atoms. The molecule has 3 rings (SSSR count). The number of H-pyrrole nitrogens is 1. The predicted octanol–water partition coefficient (Wildman–Crippen LogP) is 5.37. The number of benzene rings is 2. The van der Waals surface area contributed by atoms with Gasteiger partial charge in [0.25, 0.3) is 0 Å². The van der Waals surface area contributed by atoms with Crippen LogP contribution in [0.2, 0.25) is 0 Å². The normalized spacial score (nSPS) is 12.9. The van der Waals surface area contributed by atoms with E-state index in [4.69, 9.17) is 15.2 Å². The summed E-state index contributed by atoms with van der Waals surface area (Å²) in [5.41, 5.74) is 13.1. The van der Waals surface area contributed by atoms with Crippen LogP contribution in [0, 0.1) is 20.8 Å². The molecule has 5 nitrogen and oxygen atoms in total. The molecule has 0 fully saturated rings. The Hall–Kier alpha value is -2.79. The number of nitrogen functional groups attached to an aromatic ring is 1. The molecule has 0 aliphatic rings. The molecule has 5 heteroatoms. The van der Waals surface area contributed by atoms with Gasteiger partial charge in [-0.15, -0.1) is 0 Å². The average Bonchev–Trinajstić information content (AvgIpc) is 3.04. The molecule has 2 aromatic carbocycles. The third kappa shape index (κ3) is 4.01. The van der Waals surface area contributed by atoms with Gasteiger partial charge in [0, 0.05) is 16.6 Å². The van der Waals surface area contributed by atoms with Gasteiger partial charge in [0.05, 0.1) is 23.9 Å². The number of aromatic nitrogens is 1. The fraction of sp³-hybridized carbons (Fsp3) is 0.375. The average molecular weight is 395 g/mol. The van der Waals surface area contributed by atoms with Crippen molar-refractivity contribution in [3.8, 4) is 11.1 Å². The fourth-order valence-corrected chi connectivity index (χ4v) is 3.71. The van der Waals surface area contributed by atoms with E-state index in [2.05, 4.69) is 42.2 Å². The van der Waals surface area contributed by atoms with Crippen molar-refractivity contribution in [2.75, 3.05) is 12.8 Å². The van der Waals surface area contributed by atoms with Crippen molar-refractivity contribution in [3.63, 3.8) is 0 Å². The van der Waals surface area contributed by atoms with Crippen molar-refractivity contribution in [2.24, 2.45) is 0 Å². The van der Waals surface area contributed by atoms with Crippen LogP contribution < -0.4 is 5.73 Å². The second-order valence-electron chi connectivity index (χ2n) is 8.57. The maximum atomic E-state index is 12.8. The Balaban J connectivity index is 2.43. The Labute approximate surface area is 172 Å². The van der Waals surface area contributed by atoms with Gasteiger partial charge in [-0.2, -0.15) is 0 Å². The molecule has 3 N–H and O–H groups in total. The van der Waals surface area contributed by atoms with Crippen LogP contribution in [0.15, 0.2) is 30.3 Å². The molecular weight excluding hydrogens is 364 g/mol. The van der Waals surface area contributed by atoms with Crippen LogP contribution >= 0.6 is 0 Å². The number of esters is 1. The van der Waals surface area contributed by atoms with Crippen molar-refractivity contribution >= 4 is 22.6 Å². The van der Waals surface area contributed by atoms with Crippen LogP contribution in [-0.4, -0.2) is 23.7 Å². The van der Waals surface area contributed by atoms with Crippen LogP contribution in [-0.2, 0) is 14.3 Å². The summed E-state index contributed by atoms with van der Waals surface area (Å²) in [7, 11) is 1.38. The molecule has 29 heavy (non-hydrogen) atoms. The zero-order valence-electron chi connectivity index (χ0n) is 18.3. The van der Waals surface area contributed by atoms with E-state index in [0.717, 1.165) is 38.9 Å². The number of aryl methyl sites for hydroxylation is 2.